The molecule has 0 fully saturated rings. The normalized spacial score (nSPS) is 10.6. The van der Waals surface area contributed by atoms with Gasteiger partial charge in [-0.15, -0.1) is 0 Å². The van der Waals surface area contributed by atoms with Gasteiger partial charge in [0.25, 0.3) is 0 Å². The van der Waals surface area contributed by atoms with Gasteiger partial charge in [0.15, 0.2) is 0 Å². The van der Waals surface area contributed by atoms with Crippen LogP contribution in [0.2, 0.25) is 0 Å². The summed E-state index contributed by atoms with van der Waals surface area (Å²) in [5.41, 5.74) is 1.99. The summed E-state index contributed by atoms with van der Waals surface area (Å²) in [5, 5.41) is 19.1. The van der Waals surface area contributed by atoms with Gasteiger partial charge in [-0.05, 0) is 48.7 Å². The molecule has 0 spiro atoms. The smallest absolute Gasteiger partial charge is 0.336 e. The SMILES string of the molecule is N#Cc1cc(CCc2c(F)cccc2C(=O)O)c2occc2c1. The Kier molecular flexibility index (Phi) is 3.82. The van der Waals surface area contributed by atoms with Crippen LogP contribution in [-0.2, 0) is 12.8 Å². The van der Waals surface area contributed by atoms with E-state index in [1.165, 1.54) is 24.5 Å². The van der Waals surface area contributed by atoms with Crippen LogP contribution < -0.4 is 0 Å². The zero-order valence-corrected chi connectivity index (χ0v) is 12.0. The zero-order valence-electron chi connectivity index (χ0n) is 12.0. The number of aryl methyl sites for hydroxylation is 1. The Balaban J connectivity index is 1.98. The summed E-state index contributed by atoms with van der Waals surface area (Å²) < 4.78 is 19.4. The maximum Gasteiger partial charge on any atom is 0.336 e. The standard InChI is InChI=1S/C18H12FNO3/c19-16-3-1-2-15(18(21)22)14(16)5-4-12-8-11(10-20)9-13-6-7-23-17(12)13/h1-3,6-9H,4-5H2,(H,21,22). The molecule has 23 heavy (non-hydrogen) atoms. The van der Waals surface area contributed by atoms with Crippen molar-refractivity contribution in [2.45, 2.75) is 12.8 Å². The summed E-state index contributed by atoms with van der Waals surface area (Å²) in [6.07, 6.45) is 2.11. The monoisotopic (exact) mass is 309 g/mol. The third-order valence-corrected chi connectivity index (χ3v) is 3.75. The molecule has 0 aliphatic carbocycles. The first-order valence-corrected chi connectivity index (χ1v) is 7.01. The molecular weight excluding hydrogens is 297 g/mol. The Labute approximate surface area is 131 Å². The molecule has 0 radical (unpaired) electrons. The fraction of sp³-hybridized carbons (Fsp3) is 0.111. The van der Waals surface area contributed by atoms with Crippen molar-refractivity contribution < 1.29 is 18.7 Å². The number of fused-ring (bicyclic) bond motifs is 1. The van der Waals surface area contributed by atoms with Crippen molar-refractivity contribution in [2.24, 2.45) is 0 Å². The first-order valence-electron chi connectivity index (χ1n) is 7.01. The van der Waals surface area contributed by atoms with Gasteiger partial charge >= 0.3 is 5.97 Å². The maximum atomic E-state index is 14.0. The summed E-state index contributed by atoms with van der Waals surface area (Å²) in [4.78, 5) is 11.2. The topological polar surface area (TPSA) is 74.2 Å². The lowest BCUT2D eigenvalue weighted by Gasteiger charge is -2.08. The second kappa shape index (κ2) is 5.93. The Morgan fingerprint density at radius 3 is 2.83 bits per heavy atom. The number of furan rings is 1. The highest BCUT2D eigenvalue weighted by Gasteiger charge is 2.15. The molecule has 0 bridgehead atoms. The largest absolute Gasteiger partial charge is 0.478 e. The van der Waals surface area contributed by atoms with Crippen LogP contribution in [0.3, 0.4) is 0 Å². The van der Waals surface area contributed by atoms with E-state index < -0.39 is 11.8 Å². The van der Waals surface area contributed by atoms with Gasteiger partial charge in [0.05, 0.1) is 23.5 Å². The second-order valence-corrected chi connectivity index (χ2v) is 5.16. The third kappa shape index (κ3) is 2.79. The molecule has 2 aromatic carbocycles. The number of nitrogens with zero attached hydrogens (tertiary/aromatic N) is 1. The summed E-state index contributed by atoms with van der Waals surface area (Å²) in [6.45, 7) is 0. The van der Waals surface area contributed by atoms with Gasteiger partial charge < -0.3 is 9.52 Å². The van der Waals surface area contributed by atoms with E-state index in [4.69, 9.17) is 9.68 Å². The van der Waals surface area contributed by atoms with Gasteiger partial charge in [0.2, 0.25) is 0 Å². The second-order valence-electron chi connectivity index (χ2n) is 5.16. The number of carbonyl (C=O) groups is 1. The maximum absolute atomic E-state index is 14.0. The molecule has 0 aliphatic rings. The molecule has 1 aromatic heterocycles. The van der Waals surface area contributed by atoms with E-state index in [-0.39, 0.29) is 17.5 Å². The molecule has 0 amide bonds. The van der Waals surface area contributed by atoms with Gasteiger partial charge in [-0.25, -0.2) is 9.18 Å². The van der Waals surface area contributed by atoms with Crippen LogP contribution in [-0.4, -0.2) is 11.1 Å². The zero-order chi connectivity index (χ0) is 16.4. The van der Waals surface area contributed by atoms with Crippen LogP contribution >= 0.6 is 0 Å². The lowest BCUT2D eigenvalue weighted by atomic mass is 9.97. The minimum Gasteiger partial charge on any atom is -0.478 e. The quantitative estimate of drug-likeness (QED) is 0.792. The Morgan fingerprint density at radius 2 is 2.09 bits per heavy atom. The first kappa shape index (κ1) is 14.8. The van der Waals surface area contributed by atoms with Crippen LogP contribution in [0.4, 0.5) is 4.39 Å². The number of carboxylic acids is 1. The molecule has 3 aromatic rings. The Bertz CT molecular complexity index is 937. The van der Waals surface area contributed by atoms with E-state index in [0.717, 1.165) is 10.9 Å². The lowest BCUT2D eigenvalue weighted by Crippen LogP contribution is -2.06. The van der Waals surface area contributed by atoms with E-state index in [0.29, 0.717) is 17.6 Å². The summed E-state index contributed by atoms with van der Waals surface area (Å²) >= 11 is 0. The number of rotatable bonds is 4. The number of hydrogen-bond donors (Lipinski definition) is 1. The number of carboxylic acid groups (broad SMARTS) is 1. The molecule has 0 unspecified atom stereocenters. The van der Waals surface area contributed by atoms with Crippen LogP contribution in [0, 0.1) is 17.1 Å². The molecule has 1 N–H and O–H groups in total. The van der Waals surface area contributed by atoms with Gasteiger partial charge in [0.1, 0.15) is 11.4 Å². The van der Waals surface area contributed by atoms with Crippen molar-refractivity contribution in [2.75, 3.05) is 0 Å². The van der Waals surface area contributed by atoms with Crippen molar-refractivity contribution in [3.8, 4) is 6.07 Å². The molecule has 3 rings (SSSR count). The number of benzene rings is 2. The fourth-order valence-corrected chi connectivity index (χ4v) is 2.68. The van der Waals surface area contributed by atoms with Crippen molar-refractivity contribution >= 4 is 16.9 Å². The molecule has 0 saturated carbocycles. The summed E-state index contributed by atoms with van der Waals surface area (Å²) in [7, 11) is 0. The average Bonchev–Trinajstić information content (AvgIpc) is 3.01. The Hall–Kier alpha value is -3.13. The lowest BCUT2D eigenvalue weighted by molar-refractivity contribution is 0.0695. The molecule has 5 heteroatoms. The molecular formula is C18H12FNO3. The van der Waals surface area contributed by atoms with Crippen LogP contribution in [0.15, 0.2) is 47.1 Å². The van der Waals surface area contributed by atoms with Gasteiger partial charge in [0, 0.05) is 10.9 Å². The fourth-order valence-electron chi connectivity index (χ4n) is 2.68. The molecule has 0 saturated heterocycles. The number of halogens is 1. The minimum atomic E-state index is -1.16. The number of nitriles is 1. The average molecular weight is 309 g/mol. The highest BCUT2D eigenvalue weighted by molar-refractivity contribution is 5.89. The van der Waals surface area contributed by atoms with Crippen LogP contribution in [0.5, 0.6) is 0 Å². The predicted molar refractivity (Wildman–Crippen MR) is 81.7 cm³/mol. The minimum absolute atomic E-state index is 0.0443. The first-order chi connectivity index (χ1) is 11.1. The number of aromatic carboxylic acids is 1. The van der Waals surface area contributed by atoms with Gasteiger partial charge in [-0.3, -0.25) is 0 Å². The van der Waals surface area contributed by atoms with E-state index in [1.807, 2.05) is 0 Å². The van der Waals surface area contributed by atoms with Crippen molar-refractivity contribution in [3.63, 3.8) is 0 Å². The van der Waals surface area contributed by atoms with Gasteiger partial charge in [-0.1, -0.05) is 6.07 Å². The van der Waals surface area contributed by atoms with Gasteiger partial charge in [-0.2, -0.15) is 5.26 Å². The van der Waals surface area contributed by atoms with E-state index in [2.05, 4.69) is 6.07 Å². The van der Waals surface area contributed by atoms with E-state index in [1.54, 1.807) is 18.2 Å². The van der Waals surface area contributed by atoms with Crippen molar-refractivity contribution in [1.82, 2.24) is 0 Å². The predicted octanol–water partition coefficient (Wildman–Crippen LogP) is 3.93. The number of hydrogen-bond acceptors (Lipinski definition) is 3. The molecule has 114 valence electrons. The summed E-state index contributed by atoms with van der Waals surface area (Å²) in [6, 6.07) is 11.2. The highest BCUT2D eigenvalue weighted by atomic mass is 19.1. The highest BCUT2D eigenvalue weighted by Crippen LogP contribution is 2.25. The van der Waals surface area contributed by atoms with E-state index in [9.17, 15) is 14.3 Å². The van der Waals surface area contributed by atoms with Crippen molar-refractivity contribution in [3.05, 3.63) is 70.7 Å². The molecule has 4 nitrogen and oxygen atoms in total. The van der Waals surface area contributed by atoms with Crippen molar-refractivity contribution in [1.29, 1.82) is 5.26 Å². The third-order valence-electron chi connectivity index (χ3n) is 3.75. The van der Waals surface area contributed by atoms with Crippen LogP contribution in [0.25, 0.3) is 11.0 Å². The molecule has 0 atom stereocenters. The Morgan fingerprint density at radius 1 is 1.26 bits per heavy atom. The molecule has 1 heterocycles. The van der Waals surface area contributed by atoms with E-state index >= 15 is 0 Å². The summed E-state index contributed by atoms with van der Waals surface area (Å²) in [5.74, 6) is -1.70. The van der Waals surface area contributed by atoms with Crippen LogP contribution in [0.1, 0.15) is 27.0 Å². The molecule has 0 aliphatic heterocycles.